The first-order valence-corrected chi connectivity index (χ1v) is 8.81. The van der Waals surface area contributed by atoms with Gasteiger partial charge in [-0.15, -0.1) is 0 Å². The van der Waals surface area contributed by atoms with Crippen molar-refractivity contribution >= 4 is 16.9 Å². The van der Waals surface area contributed by atoms with Gasteiger partial charge in [0.15, 0.2) is 0 Å². The molecule has 2 aromatic rings. The number of amides is 1. The van der Waals surface area contributed by atoms with Gasteiger partial charge < -0.3 is 15.0 Å². The van der Waals surface area contributed by atoms with Crippen LogP contribution in [0.1, 0.15) is 28.2 Å². The first-order valence-electron chi connectivity index (χ1n) is 8.81. The third-order valence-corrected chi connectivity index (χ3v) is 4.87. The van der Waals surface area contributed by atoms with E-state index in [2.05, 4.69) is 20.2 Å². The average Bonchev–Trinajstić information content (AvgIpc) is 3.06. The molecule has 0 unspecified atom stereocenters. The predicted octanol–water partition coefficient (Wildman–Crippen LogP) is 1.94. The number of aryl methyl sites for hydroxylation is 2. The van der Waals surface area contributed by atoms with Crippen molar-refractivity contribution in [1.29, 1.82) is 0 Å². The predicted molar refractivity (Wildman–Crippen MR) is 97.8 cm³/mol. The van der Waals surface area contributed by atoms with Crippen molar-refractivity contribution in [2.24, 2.45) is 5.92 Å². The molecule has 1 aromatic carbocycles. The quantitative estimate of drug-likeness (QED) is 0.869. The van der Waals surface area contributed by atoms with E-state index in [0.29, 0.717) is 18.0 Å². The van der Waals surface area contributed by atoms with E-state index in [1.165, 1.54) is 0 Å². The van der Waals surface area contributed by atoms with Gasteiger partial charge in [0, 0.05) is 32.3 Å². The molecule has 2 heterocycles. The zero-order valence-corrected chi connectivity index (χ0v) is 15.2. The number of hydrogen-bond donors (Lipinski definition) is 1. The second kappa shape index (κ2) is 7.89. The number of likely N-dealkylation sites (tertiary alicyclic amines) is 1. The van der Waals surface area contributed by atoms with Crippen molar-refractivity contribution in [3.8, 4) is 0 Å². The minimum atomic E-state index is -0.0442. The number of fused-ring (bicyclic) bond motifs is 1. The van der Waals surface area contributed by atoms with Crippen LogP contribution in [0.25, 0.3) is 11.0 Å². The maximum atomic E-state index is 12.5. The highest BCUT2D eigenvalue weighted by atomic mass is 16.5. The van der Waals surface area contributed by atoms with Crippen molar-refractivity contribution in [2.45, 2.75) is 20.3 Å². The van der Waals surface area contributed by atoms with Gasteiger partial charge in [0.2, 0.25) is 0 Å². The molecule has 25 heavy (non-hydrogen) atoms. The summed E-state index contributed by atoms with van der Waals surface area (Å²) in [4.78, 5) is 23.9. The molecule has 1 aliphatic rings. The summed E-state index contributed by atoms with van der Waals surface area (Å²) < 4.78 is 5.12. The highest BCUT2D eigenvalue weighted by molar-refractivity contribution is 5.97. The number of carbonyl (C=O) groups excluding carboxylic acids is 1. The lowest BCUT2D eigenvalue weighted by atomic mass is 10.1. The number of nitrogens with one attached hydrogen (secondary N) is 1. The second-order valence-electron chi connectivity index (χ2n) is 6.76. The lowest BCUT2D eigenvalue weighted by Gasteiger charge is -2.15. The van der Waals surface area contributed by atoms with Crippen LogP contribution in [-0.4, -0.2) is 60.7 Å². The number of rotatable bonds is 6. The molecular weight excluding hydrogens is 316 g/mol. The van der Waals surface area contributed by atoms with Crippen LogP contribution in [0.4, 0.5) is 0 Å². The van der Waals surface area contributed by atoms with Crippen LogP contribution < -0.4 is 5.32 Å². The van der Waals surface area contributed by atoms with Gasteiger partial charge >= 0.3 is 0 Å². The summed E-state index contributed by atoms with van der Waals surface area (Å²) in [5.74, 6) is 0.461. The Morgan fingerprint density at radius 2 is 2.04 bits per heavy atom. The Morgan fingerprint density at radius 1 is 1.28 bits per heavy atom. The molecule has 134 valence electrons. The molecule has 1 fully saturated rings. The van der Waals surface area contributed by atoms with E-state index < -0.39 is 0 Å². The molecule has 1 aliphatic heterocycles. The maximum Gasteiger partial charge on any atom is 0.251 e. The third-order valence-electron chi connectivity index (χ3n) is 4.87. The summed E-state index contributed by atoms with van der Waals surface area (Å²) in [7, 11) is 1.73. The summed E-state index contributed by atoms with van der Waals surface area (Å²) in [5.41, 5.74) is 4.04. The van der Waals surface area contributed by atoms with E-state index in [1.807, 2.05) is 32.0 Å². The molecule has 0 aliphatic carbocycles. The average molecular weight is 342 g/mol. The minimum absolute atomic E-state index is 0.0442. The van der Waals surface area contributed by atoms with E-state index in [4.69, 9.17) is 4.74 Å². The number of methoxy groups -OCH3 is 1. The van der Waals surface area contributed by atoms with Crippen LogP contribution >= 0.6 is 0 Å². The summed E-state index contributed by atoms with van der Waals surface area (Å²) in [6.07, 6.45) is 1.12. The first kappa shape index (κ1) is 17.8. The summed E-state index contributed by atoms with van der Waals surface area (Å²) in [6, 6.07) is 5.51. The van der Waals surface area contributed by atoms with Crippen LogP contribution in [0.5, 0.6) is 0 Å². The SMILES string of the molecule is COCCN1CC[C@H](CNC(=O)c2ccc3nc(C)c(C)nc3c2)C1. The zero-order chi connectivity index (χ0) is 17.8. The van der Waals surface area contributed by atoms with E-state index in [1.54, 1.807) is 7.11 Å². The molecule has 6 heteroatoms. The fourth-order valence-electron chi connectivity index (χ4n) is 3.21. The van der Waals surface area contributed by atoms with Crippen molar-refractivity contribution in [3.63, 3.8) is 0 Å². The Labute approximate surface area is 148 Å². The molecular formula is C19H26N4O2. The molecule has 3 rings (SSSR count). The van der Waals surface area contributed by atoms with Crippen LogP contribution in [-0.2, 0) is 4.74 Å². The smallest absolute Gasteiger partial charge is 0.251 e. The Hall–Kier alpha value is -2.05. The summed E-state index contributed by atoms with van der Waals surface area (Å²) in [6.45, 7) is 8.40. The maximum absolute atomic E-state index is 12.5. The van der Waals surface area contributed by atoms with Gasteiger partial charge in [0.25, 0.3) is 5.91 Å². The largest absolute Gasteiger partial charge is 0.383 e. The molecule has 0 bridgehead atoms. The summed E-state index contributed by atoms with van der Waals surface area (Å²) >= 11 is 0. The van der Waals surface area contributed by atoms with Crippen molar-refractivity contribution in [3.05, 3.63) is 35.2 Å². The number of hydrogen-bond acceptors (Lipinski definition) is 5. The Balaban J connectivity index is 1.58. The number of nitrogens with zero attached hydrogens (tertiary/aromatic N) is 3. The Kier molecular flexibility index (Phi) is 5.60. The Morgan fingerprint density at radius 3 is 2.80 bits per heavy atom. The van der Waals surface area contributed by atoms with Crippen molar-refractivity contribution in [2.75, 3.05) is 39.9 Å². The number of aromatic nitrogens is 2. The molecule has 0 saturated carbocycles. The number of carbonyl (C=O) groups is 1. The van der Waals surface area contributed by atoms with E-state index in [9.17, 15) is 4.79 Å². The standard InChI is InChI=1S/C19H26N4O2/c1-13-14(2)22-18-10-16(4-5-17(18)21-13)19(24)20-11-15-6-7-23(12-15)8-9-25-3/h4-5,10,15H,6-9,11-12H2,1-3H3,(H,20,24)/t15-/m1/s1. The molecule has 0 radical (unpaired) electrons. The van der Waals surface area contributed by atoms with E-state index in [-0.39, 0.29) is 5.91 Å². The van der Waals surface area contributed by atoms with Gasteiger partial charge in [0.05, 0.1) is 29.0 Å². The Bertz CT molecular complexity index is 762. The highest BCUT2D eigenvalue weighted by Gasteiger charge is 2.22. The normalized spacial score (nSPS) is 18.0. The van der Waals surface area contributed by atoms with Crippen molar-refractivity contribution in [1.82, 2.24) is 20.2 Å². The van der Waals surface area contributed by atoms with Gasteiger partial charge in [-0.2, -0.15) is 0 Å². The highest BCUT2D eigenvalue weighted by Crippen LogP contribution is 2.16. The first-order chi connectivity index (χ1) is 12.1. The molecule has 1 atom stereocenters. The van der Waals surface area contributed by atoms with E-state index in [0.717, 1.165) is 55.1 Å². The number of ether oxygens (including phenoxy) is 1. The third kappa shape index (κ3) is 4.32. The van der Waals surface area contributed by atoms with Gasteiger partial charge in [-0.3, -0.25) is 4.79 Å². The monoisotopic (exact) mass is 342 g/mol. The second-order valence-corrected chi connectivity index (χ2v) is 6.76. The lowest BCUT2D eigenvalue weighted by Crippen LogP contribution is -2.31. The van der Waals surface area contributed by atoms with Crippen LogP contribution in [0.15, 0.2) is 18.2 Å². The molecule has 0 spiro atoms. The summed E-state index contributed by atoms with van der Waals surface area (Å²) in [5, 5.41) is 3.06. The van der Waals surface area contributed by atoms with Crippen LogP contribution in [0, 0.1) is 19.8 Å². The van der Waals surface area contributed by atoms with Crippen molar-refractivity contribution < 1.29 is 9.53 Å². The minimum Gasteiger partial charge on any atom is -0.383 e. The molecule has 6 nitrogen and oxygen atoms in total. The molecule has 1 N–H and O–H groups in total. The molecule has 1 aromatic heterocycles. The lowest BCUT2D eigenvalue weighted by molar-refractivity contribution is 0.0947. The fourth-order valence-corrected chi connectivity index (χ4v) is 3.21. The fraction of sp³-hybridized carbons (Fsp3) is 0.526. The van der Waals surface area contributed by atoms with Gasteiger partial charge in [-0.1, -0.05) is 0 Å². The molecule has 1 amide bonds. The van der Waals surface area contributed by atoms with Crippen LogP contribution in [0.3, 0.4) is 0 Å². The van der Waals surface area contributed by atoms with Gasteiger partial charge in [-0.25, -0.2) is 9.97 Å². The zero-order valence-electron chi connectivity index (χ0n) is 15.2. The van der Waals surface area contributed by atoms with Gasteiger partial charge in [-0.05, 0) is 50.9 Å². The van der Waals surface area contributed by atoms with Crippen LogP contribution in [0.2, 0.25) is 0 Å². The van der Waals surface area contributed by atoms with E-state index >= 15 is 0 Å². The van der Waals surface area contributed by atoms with Gasteiger partial charge in [0.1, 0.15) is 0 Å². The number of benzene rings is 1. The molecule has 1 saturated heterocycles. The topological polar surface area (TPSA) is 67.3 Å².